The van der Waals surface area contributed by atoms with Gasteiger partial charge in [-0.3, -0.25) is 0 Å². The van der Waals surface area contributed by atoms with E-state index in [2.05, 4.69) is 0 Å². The van der Waals surface area contributed by atoms with Gasteiger partial charge in [-0.05, 0) is 12.8 Å². The van der Waals surface area contributed by atoms with Gasteiger partial charge in [-0.2, -0.15) is 0 Å². The zero-order valence-electron chi connectivity index (χ0n) is 8.48. The Bertz CT molecular complexity index is 31.5. The van der Waals surface area contributed by atoms with Crippen LogP contribution in [-0.2, 0) is 0 Å². The summed E-state index contributed by atoms with van der Waals surface area (Å²) in [6.45, 7) is 4.50. The van der Waals surface area contributed by atoms with E-state index in [1.165, 1.54) is 0 Å². The largest absolute Gasteiger partial charge is 1.00 e. The molecule has 12 heavy (non-hydrogen) atoms. The molecule has 6 heteroatoms. The molecule has 0 aliphatic carbocycles. The number of halogens is 2. The Kier molecular flexibility index (Phi) is 158. The second-order valence-electron chi connectivity index (χ2n) is 1.45. The van der Waals surface area contributed by atoms with Crippen molar-refractivity contribution in [3.8, 4) is 0 Å². The van der Waals surface area contributed by atoms with Gasteiger partial charge in [0.15, 0.2) is 0 Å². The van der Waals surface area contributed by atoms with E-state index in [9.17, 15) is 0 Å². The van der Waals surface area contributed by atoms with E-state index in [4.69, 9.17) is 10.2 Å². The summed E-state index contributed by atoms with van der Waals surface area (Å²) in [5.41, 5.74) is 0. The van der Waals surface area contributed by atoms with Crippen LogP contribution in [0.25, 0.3) is 0 Å². The molecule has 0 rings (SSSR count). The second-order valence-corrected chi connectivity index (χ2v) is 1.45. The van der Waals surface area contributed by atoms with E-state index in [0.717, 1.165) is 12.8 Å². The molecule has 0 radical (unpaired) electrons. The predicted molar refractivity (Wildman–Crippen MR) is 34.8 cm³/mol. The van der Waals surface area contributed by atoms with Crippen LogP contribution in [0.2, 0.25) is 0 Å². The van der Waals surface area contributed by atoms with Gasteiger partial charge in [0.05, 0.1) is 0 Å². The van der Waals surface area contributed by atoms with E-state index < -0.39 is 0 Å². The van der Waals surface area contributed by atoms with E-state index >= 15 is 0 Å². The zero-order valence-corrected chi connectivity index (χ0v) is 12.0. The summed E-state index contributed by atoms with van der Waals surface area (Å²) in [6.07, 6.45) is 1.75. The molecule has 0 spiro atoms. The first kappa shape index (κ1) is 36.9. The van der Waals surface area contributed by atoms with Crippen molar-refractivity contribution in [3.63, 3.8) is 0 Å². The second kappa shape index (κ2) is 51.6. The molecule has 0 saturated heterocycles. The van der Waals surface area contributed by atoms with Gasteiger partial charge in [0, 0.05) is 13.2 Å². The van der Waals surface area contributed by atoms with E-state index in [1.54, 1.807) is 0 Å². The van der Waals surface area contributed by atoms with Crippen LogP contribution >= 0.6 is 0 Å². The van der Waals surface area contributed by atoms with Crippen molar-refractivity contribution < 1.29 is 83.4 Å². The quantitative estimate of drug-likeness (QED) is 0.454. The summed E-state index contributed by atoms with van der Waals surface area (Å²) in [5.74, 6) is 0. The van der Waals surface area contributed by atoms with Crippen molar-refractivity contribution in [1.82, 2.24) is 0 Å². The molecule has 0 saturated carbocycles. The number of rotatable bonds is 2. The van der Waals surface area contributed by atoms with Crippen LogP contribution in [0, 0.1) is 0 Å². The number of aliphatic hydroxyl groups is 2. The molecule has 0 bridgehead atoms. The summed E-state index contributed by atoms with van der Waals surface area (Å²) in [7, 11) is 0. The Balaban J connectivity index is -0.0000000112. The Hall–Kier alpha value is 2.10. The van der Waals surface area contributed by atoms with Crippen LogP contribution in [0.15, 0.2) is 0 Å². The third-order valence-corrected chi connectivity index (χ3v) is 0.447. The fraction of sp³-hybridized carbons (Fsp3) is 1.00. The van der Waals surface area contributed by atoms with Crippen LogP contribution in [0.3, 0.4) is 0 Å². The molecule has 0 unspecified atom stereocenters. The minimum Gasteiger partial charge on any atom is -1.00 e. The summed E-state index contributed by atoms with van der Waals surface area (Å²) in [5, 5.41) is 15.8. The average Bonchev–Trinajstić information content (AvgIpc) is 1.88. The summed E-state index contributed by atoms with van der Waals surface area (Å²) in [4.78, 5) is 0. The molecule has 0 aromatic heterocycles. The van der Waals surface area contributed by atoms with Gasteiger partial charge in [-0.1, -0.05) is 13.8 Å². The SMILES string of the molecule is CCCO.CCCO.[Cl-].[Cl-].[Li+].[Na+]. The monoisotopic (exact) mass is 220 g/mol. The molecule has 2 nitrogen and oxygen atoms in total. The molecule has 0 aromatic rings. The molecule has 0 aromatic carbocycles. The van der Waals surface area contributed by atoms with Crippen molar-refractivity contribution in [3.05, 3.63) is 0 Å². The molecule has 0 atom stereocenters. The van der Waals surface area contributed by atoms with Gasteiger partial charge in [-0.15, -0.1) is 0 Å². The van der Waals surface area contributed by atoms with Crippen molar-refractivity contribution in [1.29, 1.82) is 0 Å². The Labute approximate surface area is 122 Å². The van der Waals surface area contributed by atoms with Crippen molar-refractivity contribution >= 4 is 0 Å². The van der Waals surface area contributed by atoms with Gasteiger partial charge in [0.1, 0.15) is 0 Å². The normalized spacial score (nSPS) is 5.00. The molecule has 2 N–H and O–H groups in total. The smallest absolute Gasteiger partial charge is 1.00 e. The molecular formula is C6H16Cl2LiNaO2. The van der Waals surface area contributed by atoms with Gasteiger partial charge >= 0.3 is 48.4 Å². The van der Waals surface area contributed by atoms with Crippen molar-refractivity contribution in [2.75, 3.05) is 13.2 Å². The Morgan fingerprint density at radius 3 is 0.917 bits per heavy atom. The number of hydrogen-bond acceptors (Lipinski definition) is 2. The maximum Gasteiger partial charge on any atom is 1.00 e. The predicted octanol–water partition coefficient (Wildman–Crippen LogP) is -11.2. The molecule has 0 amide bonds. The van der Waals surface area contributed by atoms with Crippen LogP contribution in [0.5, 0.6) is 0 Å². The minimum absolute atomic E-state index is 0. The van der Waals surface area contributed by atoms with E-state index in [0.29, 0.717) is 13.2 Å². The maximum atomic E-state index is 7.88. The first-order valence-electron chi connectivity index (χ1n) is 3.05. The van der Waals surface area contributed by atoms with Crippen LogP contribution in [0.4, 0.5) is 0 Å². The molecule has 0 aliphatic rings. The standard InChI is InChI=1S/2C3H8O.2ClH.Li.Na/c2*1-2-3-4;;;;/h2*4H,2-3H2,1H3;2*1H;;/q;;;;2*+1/p-2. The number of aliphatic hydroxyl groups excluding tert-OH is 2. The fourth-order valence-electron chi connectivity index (χ4n) is 0. The third kappa shape index (κ3) is 88.7. The van der Waals surface area contributed by atoms with Gasteiger partial charge < -0.3 is 35.0 Å². The molecule has 0 heterocycles. The Morgan fingerprint density at radius 1 is 0.833 bits per heavy atom. The molecule has 68 valence electrons. The van der Waals surface area contributed by atoms with Crippen LogP contribution < -0.4 is 73.2 Å². The number of hydrogen-bond donors (Lipinski definition) is 2. The van der Waals surface area contributed by atoms with Gasteiger partial charge in [0.25, 0.3) is 0 Å². The van der Waals surface area contributed by atoms with Gasteiger partial charge in [0.2, 0.25) is 0 Å². The first-order valence-corrected chi connectivity index (χ1v) is 3.05. The third-order valence-electron chi connectivity index (χ3n) is 0.447. The fourth-order valence-corrected chi connectivity index (χ4v) is 0. The molecule has 0 aliphatic heterocycles. The van der Waals surface area contributed by atoms with Crippen molar-refractivity contribution in [2.24, 2.45) is 0 Å². The van der Waals surface area contributed by atoms with Crippen LogP contribution in [0.1, 0.15) is 26.7 Å². The first-order chi connectivity index (χ1) is 3.83. The molecule has 0 fully saturated rings. The van der Waals surface area contributed by atoms with Crippen molar-refractivity contribution in [2.45, 2.75) is 26.7 Å². The summed E-state index contributed by atoms with van der Waals surface area (Å²) >= 11 is 0. The summed E-state index contributed by atoms with van der Waals surface area (Å²) < 4.78 is 0. The minimum atomic E-state index is 0. The Morgan fingerprint density at radius 2 is 0.917 bits per heavy atom. The maximum absolute atomic E-state index is 7.88. The average molecular weight is 221 g/mol. The summed E-state index contributed by atoms with van der Waals surface area (Å²) in [6, 6.07) is 0. The zero-order chi connectivity index (χ0) is 6.83. The van der Waals surface area contributed by atoms with Crippen LogP contribution in [-0.4, -0.2) is 23.4 Å². The molecular weight excluding hydrogens is 205 g/mol. The van der Waals surface area contributed by atoms with Gasteiger partial charge in [-0.25, -0.2) is 0 Å². The van der Waals surface area contributed by atoms with E-state index in [1.807, 2.05) is 13.8 Å². The topological polar surface area (TPSA) is 40.5 Å². The van der Waals surface area contributed by atoms with E-state index in [-0.39, 0.29) is 73.2 Å².